The molecule has 0 saturated carbocycles. The number of ether oxygens (including phenoxy) is 3. The van der Waals surface area contributed by atoms with Gasteiger partial charge in [0, 0.05) is 11.3 Å². The molecule has 200 valence electrons. The van der Waals surface area contributed by atoms with Crippen LogP contribution in [-0.4, -0.2) is 37.8 Å². The number of nitrogens with one attached hydrogen (secondary N) is 2. The van der Waals surface area contributed by atoms with Gasteiger partial charge in [0.15, 0.2) is 23.9 Å². The Kier molecular flexibility index (Phi) is 10.8. The maximum absolute atomic E-state index is 12.6. The smallest absolute Gasteiger partial charge is 0.271 e. The van der Waals surface area contributed by atoms with E-state index in [9.17, 15) is 9.59 Å². The number of hydrazone groups is 1. The molecule has 3 aromatic carbocycles. The van der Waals surface area contributed by atoms with Crippen molar-refractivity contribution in [2.24, 2.45) is 5.10 Å². The van der Waals surface area contributed by atoms with Gasteiger partial charge >= 0.3 is 0 Å². The molecule has 0 bridgehead atoms. The van der Waals surface area contributed by atoms with Gasteiger partial charge < -0.3 is 19.5 Å². The molecule has 8 nitrogen and oxygen atoms in total. The summed E-state index contributed by atoms with van der Waals surface area (Å²) in [4.78, 5) is 24.8. The van der Waals surface area contributed by atoms with E-state index in [1.54, 1.807) is 36.4 Å². The molecule has 2 amide bonds. The Morgan fingerprint density at radius 1 is 0.947 bits per heavy atom. The summed E-state index contributed by atoms with van der Waals surface area (Å²) >= 11 is 12.6. The molecule has 0 fully saturated rings. The summed E-state index contributed by atoms with van der Waals surface area (Å²) in [6.45, 7) is 6.50. The number of benzene rings is 3. The highest BCUT2D eigenvalue weighted by Gasteiger charge is 2.13. The molecular formula is C28H29Cl2N3O5. The molecule has 0 radical (unpaired) electrons. The molecule has 0 aliphatic rings. The predicted octanol–water partition coefficient (Wildman–Crippen LogP) is 6.27. The number of hydrogen-bond acceptors (Lipinski definition) is 6. The maximum atomic E-state index is 12.6. The van der Waals surface area contributed by atoms with Gasteiger partial charge in [-0.2, -0.15) is 5.10 Å². The van der Waals surface area contributed by atoms with Crippen molar-refractivity contribution in [3.05, 3.63) is 81.3 Å². The second-order valence-corrected chi connectivity index (χ2v) is 8.98. The fourth-order valence-corrected chi connectivity index (χ4v) is 3.94. The van der Waals surface area contributed by atoms with Crippen LogP contribution in [0.5, 0.6) is 17.2 Å². The Labute approximate surface area is 231 Å². The van der Waals surface area contributed by atoms with Crippen LogP contribution in [0, 0.1) is 6.92 Å². The van der Waals surface area contributed by atoms with Crippen molar-refractivity contribution in [1.29, 1.82) is 0 Å². The van der Waals surface area contributed by atoms with Gasteiger partial charge in [0.05, 0.1) is 29.5 Å². The van der Waals surface area contributed by atoms with Crippen molar-refractivity contribution < 1.29 is 23.8 Å². The van der Waals surface area contributed by atoms with Crippen LogP contribution < -0.4 is 25.0 Å². The highest BCUT2D eigenvalue weighted by atomic mass is 35.5. The summed E-state index contributed by atoms with van der Waals surface area (Å²) in [5.41, 5.74) is 5.03. The Hall–Kier alpha value is -3.75. The van der Waals surface area contributed by atoms with Crippen LogP contribution in [0.4, 0.5) is 5.69 Å². The SMILES string of the molecule is CCCOc1ccc(C(=O)N/N=C/c2cc(Cl)c(OCC(=O)Nc3cccc(C)c3)c(Cl)c2)cc1OCC. The number of carbonyl (C=O) groups excluding carboxylic acids is 2. The van der Waals surface area contributed by atoms with Crippen molar-refractivity contribution >= 4 is 46.9 Å². The zero-order valence-electron chi connectivity index (χ0n) is 21.3. The quantitative estimate of drug-likeness (QED) is 0.202. The molecule has 0 aromatic heterocycles. The van der Waals surface area contributed by atoms with Crippen LogP contribution in [-0.2, 0) is 4.79 Å². The first-order valence-electron chi connectivity index (χ1n) is 12.0. The Morgan fingerprint density at radius 3 is 2.39 bits per heavy atom. The van der Waals surface area contributed by atoms with Crippen LogP contribution in [0.2, 0.25) is 10.0 Å². The first kappa shape index (κ1) is 28.8. The average Bonchev–Trinajstić information content (AvgIpc) is 2.87. The van der Waals surface area contributed by atoms with Crippen molar-refractivity contribution in [3.8, 4) is 17.2 Å². The average molecular weight is 558 g/mol. The van der Waals surface area contributed by atoms with E-state index in [-0.39, 0.29) is 28.3 Å². The second-order valence-electron chi connectivity index (χ2n) is 8.16. The molecule has 0 aliphatic carbocycles. The third-order valence-corrected chi connectivity index (χ3v) is 5.58. The molecule has 3 rings (SSSR count). The second kappa shape index (κ2) is 14.3. The van der Waals surface area contributed by atoms with Gasteiger partial charge in [0.25, 0.3) is 11.8 Å². The van der Waals surface area contributed by atoms with Crippen LogP contribution >= 0.6 is 23.2 Å². The van der Waals surface area contributed by atoms with Crippen LogP contribution in [0.1, 0.15) is 41.8 Å². The van der Waals surface area contributed by atoms with E-state index in [2.05, 4.69) is 15.8 Å². The number of nitrogens with zero attached hydrogens (tertiary/aromatic N) is 1. The van der Waals surface area contributed by atoms with E-state index in [1.165, 1.54) is 6.21 Å². The molecule has 10 heteroatoms. The van der Waals surface area contributed by atoms with Crippen LogP contribution in [0.15, 0.2) is 59.7 Å². The van der Waals surface area contributed by atoms with Gasteiger partial charge in [-0.1, -0.05) is 42.3 Å². The normalized spacial score (nSPS) is 10.8. The monoisotopic (exact) mass is 557 g/mol. The lowest BCUT2D eigenvalue weighted by molar-refractivity contribution is -0.118. The van der Waals surface area contributed by atoms with Crippen molar-refractivity contribution in [2.75, 3.05) is 25.1 Å². The standard InChI is InChI=1S/C28H29Cl2N3O5/c1-4-11-37-24-10-9-20(15-25(24)36-5-2)28(35)33-31-16-19-13-22(29)27(23(30)14-19)38-17-26(34)32-21-8-6-7-18(3)12-21/h6-10,12-16H,4-5,11,17H2,1-3H3,(H,32,34)(H,33,35)/b31-16+. The number of halogens is 2. The Balaban J connectivity index is 1.59. The van der Waals surface area contributed by atoms with E-state index in [0.717, 1.165) is 12.0 Å². The van der Waals surface area contributed by atoms with Gasteiger partial charge in [-0.3, -0.25) is 9.59 Å². The topological polar surface area (TPSA) is 98.3 Å². The summed E-state index contributed by atoms with van der Waals surface area (Å²) < 4.78 is 16.8. The highest BCUT2D eigenvalue weighted by molar-refractivity contribution is 6.37. The van der Waals surface area contributed by atoms with Gasteiger partial charge in [0.2, 0.25) is 0 Å². The zero-order valence-corrected chi connectivity index (χ0v) is 22.9. The summed E-state index contributed by atoms with van der Waals surface area (Å²) in [7, 11) is 0. The van der Waals surface area contributed by atoms with E-state index < -0.39 is 5.91 Å². The summed E-state index contributed by atoms with van der Waals surface area (Å²) in [5.74, 6) is 0.449. The predicted molar refractivity (Wildman–Crippen MR) is 150 cm³/mol. The molecule has 0 spiro atoms. The van der Waals surface area contributed by atoms with E-state index in [4.69, 9.17) is 37.4 Å². The fourth-order valence-electron chi connectivity index (χ4n) is 3.33. The molecule has 0 aliphatic heterocycles. The lowest BCUT2D eigenvalue weighted by Crippen LogP contribution is -2.20. The highest BCUT2D eigenvalue weighted by Crippen LogP contribution is 2.34. The van der Waals surface area contributed by atoms with Crippen molar-refractivity contribution in [3.63, 3.8) is 0 Å². The van der Waals surface area contributed by atoms with E-state index >= 15 is 0 Å². The van der Waals surface area contributed by atoms with E-state index in [1.807, 2.05) is 39.0 Å². The maximum Gasteiger partial charge on any atom is 0.271 e. The molecule has 0 saturated heterocycles. The minimum atomic E-state index is -0.430. The molecule has 38 heavy (non-hydrogen) atoms. The molecule has 0 heterocycles. The molecule has 2 N–H and O–H groups in total. The Bertz CT molecular complexity index is 1290. The molecule has 3 aromatic rings. The zero-order chi connectivity index (χ0) is 27.5. The first-order valence-corrected chi connectivity index (χ1v) is 12.8. The number of anilines is 1. The number of rotatable bonds is 12. The third-order valence-electron chi connectivity index (χ3n) is 5.02. The lowest BCUT2D eigenvalue weighted by Gasteiger charge is -2.12. The number of hydrogen-bond donors (Lipinski definition) is 2. The van der Waals surface area contributed by atoms with Gasteiger partial charge in [-0.15, -0.1) is 0 Å². The lowest BCUT2D eigenvalue weighted by atomic mass is 10.2. The summed E-state index contributed by atoms with van der Waals surface area (Å²) in [6.07, 6.45) is 2.25. The van der Waals surface area contributed by atoms with Gasteiger partial charge in [-0.05, 0) is 73.9 Å². The van der Waals surface area contributed by atoms with Crippen LogP contribution in [0.3, 0.4) is 0 Å². The van der Waals surface area contributed by atoms with Crippen molar-refractivity contribution in [1.82, 2.24) is 5.43 Å². The van der Waals surface area contributed by atoms with Crippen molar-refractivity contribution in [2.45, 2.75) is 27.2 Å². The third kappa shape index (κ3) is 8.39. The summed E-state index contributed by atoms with van der Waals surface area (Å²) in [5, 5.41) is 7.12. The summed E-state index contributed by atoms with van der Waals surface area (Å²) in [6, 6.07) is 15.5. The largest absolute Gasteiger partial charge is 0.490 e. The minimum Gasteiger partial charge on any atom is -0.490 e. The minimum absolute atomic E-state index is 0.169. The molecule has 0 atom stereocenters. The van der Waals surface area contributed by atoms with Gasteiger partial charge in [0.1, 0.15) is 0 Å². The Morgan fingerprint density at radius 2 is 1.71 bits per heavy atom. The molecular weight excluding hydrogens is 529 g/mol. The number of carbonyl (C=O) groups is 2. The van der Waals surface area contributed by atoms with Crippen LogP contribution in [0.25, 0.3) is 0 Å². The first-order chi connectivity index (χ1) is 18.3. The number of aryl methyl sites for hydroxylation is 1. The number of amides is 2. The fraction of sp³-hybridized carbons (Fsp3) is 0.250. The van der Waals surface area contributed by atoms with E-state index in [0.29, 0.717) is 41.5 Å². The molecule has 0 unspecified atom stereocenters. The van der Waals surface area contributed by atoms with Gasteiger partial charge in [-0.25, -0.2) is 5.43 Å².